The number of benzene rings is 3. The van der Waals surface area contributed by atoms with Crippen LogP contribution in [0.2, 0.25) is 5.02 Å². The van der Waals surface area contributed by atoms with Crippen LogP contribution in [0.5, 0.6) is 0 Å². The van der Waals surface area contributed by atoms with Crippen LogP contribution in [0.3, 0.4) is 0 Å². The Morgan fingerprint density at radius 2 is 1.83 bits per heavy atom. The normalized spacial score (nSPS) is 11.8. The van der Waals surface area contributed by atoms with Crippen LogP contribution in [0.4, 0.5) is 11.4 Å². The number of amides is 1. The largest absolute Gasteiger partial charge is 0.305 e. The number of non-ortho nitro benzene ring substituents is 1. The molecule has 0 aliphatic heterocycles. The van der Waals surface area contributed by atoms with Gasteiger partial charge >= 0.3 is 0 Å². The first-order valence-electron chi connectivity index (χ1n) is 9.87. The van der Waals surface area contributed by atoms with E-state index in [1.807, 2.05) is 0 Å². The third-order valence-electron chi connectivity index (χ3n) is 4.83. The van der Waals surface area contributed by atoms with Crippen molar-refractivity contribution in [2.75, 3.05) is 4.72 Å². The van der Waals surface area contributed by atoms with E-state index in [1.165, 1.54) is 60.7 Å². The summed E-state index contributed by atoms with van der Waals surface area (Å²) >= 11 is 6.91. The maximum absolute atomic E-state index is 12.8. The number of carbonyl (C=O) groups excluding carboxylic acids is 1. The summed E-state index contributed by atoms with van der Waals surface area (Å²) in [4.78, 5) is 27.8. The number of anilines is 1. The Kier molecular flexibility index (Phi) is 6.70. The molecule has 12 heteroatoms. The van der Waals surface area contributed by atoms with Crippen molar-refractivity contribution in [2.24, 2.45) is 4.99 Å². The first-order chi connectivity index (χ1) is 16.7. The zero-order valence-corrected chi connectivity index (χ0v) is 20.1. The number of sulfonamides is 1. The van der Waals surface area contributed by atoms with E-state index >= 15 is 0 Å². The number of hydrogen-bond acceptors (Lipinski definition) is 6. The molecule has 0 unspecified atom stereocenters. The van der Waals surface area contributed by atoms with Crippen LogP contribution in [-0.4, -0.2) is 23.8 Å². The molecule has 0 bridgehead atoms. The summed E-state index contributed by atoms with van der Waals surface area (Å²) in [6.45, 7) is 0.120. The Balaban J connectivity index is 1.62. The van der Waals surface area contributed by atoms with Gasteiger partial charge in [-0.3, -0.25) is 19.6 Å². The molecule has 3 aromatic carbocycles. The predicted molar refractivity (Wildman–Crippen MR) is 134 cm³/mol. The van der Waals surface area contributed by atoms with Crippen LogP contribution in [0.25, 0.3) is 10.2 Å². The van der Waals surface area contributed by atoms with Gasteiger partial charge in [-0.25, -0.2) is 8.42 Å². The van der Waals surface area contributed by atoms with Gasteiger partial charge in [0.25, 0.3) is 21.6 Å². The molecule has 4 rings (SSSR count). The summed E-state index contributed by atoms with van der Waals surface area (Å²) in [7, 11) is -3.83. The molecule has 0 aliphatic rings. The van der Waals surface area contributed by atoms with Gasteiger partial charge in [-0.15, -0.1) is 6.42 Å². The van der Waals surface area contributed by atoms with Gasteiger partial charge in [0.15, 0.2) is 4.80 Å². The number of rotatable bonds is 6. The molecule has 0 fully saturated rings. The maximum atomic E-state index is 12.8. The second-order valence-electron chi connectivity index (χ2n) is 7.14. The lowest BCUT2D eigenvalue weighted by Gasteiger charge is -2.08. The van der Waals surface area contributed by atoms with Gasteiger partial charge in [0, 0.05) is 28.4 Å². The Morgan fingerprint density at radius 1 is 1.14 bits per heavy atom. The molecule has 1 amide bonds. The Labute approximate surface area is 208 Å². The van der Waals surface area contributed by atoms with Crippen molar-refractivity contribution in [1.29, 1.82) is 0 Å². The van der Waals surface area contributed by atoms with Crippen molar-refractivity contribution in [2.45, 2.75) is 11.4 Å². The molecule has 1 N–H and O–H groups in total. The van der Waals surface area contributed by atoms with Gasteiger partial charge in [-0.1, -0.05) is 28.9 Å². The summed E-state index contributed by atoms with van der Waals surface area (Å²) in [5.41, 5.74) is 1.02. The summed E-state index contributed by atoms with van der Waals surface area (Å²) in [5.74, 6) is 1.91. The van der Waals surface area contributed by atoms with Gasteiger partial charge < -0.3 is 4.57 Å². The molecule has 0 saturated heterocycles. The minimum atomic E-state index is -3.83. The van der Waals surface area contributed by atoms with Crippen molar-refractivity contribution in [3.05, 3.63) is 92.2 Å². The fourth-order valence-corrected chi connectivity index (χ4v) is 5.41. The number of nitro groups is 1. The topological polar surface area (TPSA) is 124 Å². The third kappa shape index (κ3) is 5.25. The lowest BCUT2D eigenvalue weighted by molar-refractivity contribution is -0.384. The number of halogens is 1. The van der Waals surface area contributed by atoms with Crippen LogP contribution in [0.15, 0.2) is 76.6 Å². The maximum Gasteiger partial charge on any atom is 0.279 e. The summed E-state index contributed by atoms with van der Waals surface area (Å²) < 4.78 is 29.7. The number of nitro benzene ring substituents is 1. The Bertz CT molecular complexity index is 1670. The first-order valence-corrected chi connectivity index (χ1v) is 12.5. The zero-order valence-electron chi connectivity index (χ0n) is 17.7. The molecule has 1 aromatic heterocycles. The minimum absolute atomic E-state index is 0.0418. The number of aromatic nitrogens is 1. The molecule has 0 radical (unpaired) electrons. The highest BCUT2D eigenvalue weighted by Crippen LogP contribution is 2.23. The summed E-state index contributed by atoms with van der Waals surface area (Å²) in [6, 6.07) is 15.8. The number of fused-ring (bicyclic) bond motifs is 1. The molecule has 4 aromatic rings. The standard InChI is InChI=1S/C23H15ClN4O5S2/c1-2-13-27-20-12-9-18(28(30)31)14-21(20)34-23(27)25-22(29)15-3-7-17(8-4-15)26-35(32,33)19-10-5-16(24)6-11-19/h1,3-12,14,26H,13H2. The van der Waals surface area contributed by atoms with Gasteiger partial charge in [0.05, 0.1) is 26.6 Å². The van der Waals surface area contributed by atoms with E-state index in [-0.39, 0.29) is 33.2 Å². The second-order valence-corrected chi connectivity index (χ2v) is 10.3. The monoisotopic (exact) mass is 526 g/mol. The number of nitrogens with one attached hydrogen (secondary N) is 1. The summed E-state index contributed by atoms with van der Waals surface area (Å²) in [6.07, 6.45) is 5.45. The second kappa shape index (κ2) is 9.71. The highest BCUT2D eigenvalue weighted by Gasteiger charge is 2.15. The van der Waals surface area contributed by atoms with Crippen molar-refractivity contribution in [3.63, 3.8) is 0 Å². The Hall–Kier alpha value is -3.98. The number of thiazole rings is 1. The van der Waals surface area contributed by atoms with Crippen molar-refractivity contribution < 1.29 is 18.1 Å². The molecular weight excluding hydrogens is 512 g/mol. The molecule has 0 spiro atoms. The fraction of sp³-hybridized carbons (Fsp3) is 0.0435. The Morgan fingerprint density at radius 3 is 2.46 bits per heavy atom. The van der Waals surface area contributed by atoms with Gasteiger partial charge in [-0.2, -0.15) is 4.99 Å². The number of hydrogen-bond donors (Lipinski definition) is 1. The van der Waals surface area contributed by atoms with E-state index in [4.69, 9.17) is 18.0 Å². The molecule has 0 aliphatic carbocycles. The number of carbonyl (C=O) groups is 1. The van der Waals surface area contributed by atoms with Crippen molar-refractivity contribution in [1.82, 2.24) is 4.57 Å². The van der Waals surface area contributed by atoms with Crippen LogP contribution < -0.4 is 9.52 Å². The van der Waals surface area contributed by atoms with Gasteiger partial charge in [0.1, 0.15) is 0 Å². The smallest absolute Gasteiger partial charge is 0.279 e. The van der Waals surface area contributed by atoms with Gasteiger partial charge in [-0.05, 0) is 54.6 Å². The molecule has 0 saturated carbocycles. The lowest BCUT2D eigenvalue weighted by Crippen LogP contribution is -2.16. The molecular formula is C23H15ClN4O5S2. The number of nitrogens with zero attached hydrogens (tertiary/aromatic N) is 3. The van der Waals surface area contributed by atoms with Crippen molar-refractivity contribution >= 4 is 60.5 Å². The molecule has 1 heterocycles. The fourth-order valence-electron chi connectivity index (χ4n) is 3.16. The van der Waals surface area contributed by atoms with E-state index in [2.05, 4.69) is 15.6 Å². The average molecular weight is 527 g/mol. The van der Waals surface area contributed by atoms with Crippen molar-refractivity contribution in [3.8, 4) is 12.3 Å². The highest BCUT2D eigenvalue weighted by molar-refractivity contribution is 7.92. The molecule has 35 heavy (non-hydrogen) atoms. The van der Waals surface area contributed by atoms with Gasteiger partial charge in [0.2, 0.25) is 0 Å². The highest BCUT2D eigenvalue weighted by atomic mass is 35.5. The van der Waals surface area contributed by atoms with E-state index in [9.17, 15) is 23.3 Å². The minimum Gasteiger partial charge on any atom is -0.305 e. The van der Waals surface area contributed by atoms with Crippen LogP contribution in [0.1, 0.15) is 10.4 Å². The summed E-state index contributed by atoms with van der Waals surface area (Å²) in [5, 5.41) is 11.5. The quantitative estimate of drug-likeness (QED) is 0.226. The third-order valence-corrected chi connectivity index (χ3v) is 7.52. The van der Waals surface area contributed by atoms with E-state index in [0.29, 0.717) is 15.2 Å². The van der Waals surface area contributed by atoms with Crippen LogP contribution in [-0.2, 0) is 16.6 Å². The molecule has 0 atom stereocenters. The van der Waals surface area contributed by atoms with Crippen LogP contribution >= 0.6 is 22.9 Å². The lowest BCUT2D eigenvalue weighted by atomic mass is 10.2. The zero-order chi connectivity index (χ0) is 25.2. The van der Waals surface area contributed by atoms with E-state index < -0.39 is 20.9 Å². The predicted octanol–water partition coefficient (Wildman–Crippen LogP) is 4.44. The SMILES string of the molecule is C#CCn1c(=NC(=O)c2ccc(NS(=O)(=O)c3ccc(Cl)cc3)cc2)sc2cc([N+](=O)[O-])ccc21. The number of terminal acetylenes is 1. The van der Waals surface area contributed by atoms with E-state index in [0.717, 1.165) is 11.3 Å². The first kappa shape index (κ1) is 24.2. The molecule has 176 valence electrons. The average Bonchev–Trinajstić information content (AvgIpc) is 3.16. The van der Waals surface area contributed by atoms with Crippen LogP contribution in [0, 0.1) is 22.5 Å². The van der Waals surface area contributed by atoms with E-state index in [1.54, 1.807) is 10.6 Å². The molecule has 9 nitrogen and oxygen atoms in total.